The topological polar surface area (TPSA) is 83.1 Å². The molecule has 11 aromatic heterocycles. The first-order valence-corrected chi connectivity index (χ1v) is 53.3. The van der Waals surface area contributed by atoms with Gasteiger partial charge in [-0.15, -0.1) is 90.7 Å². The van der Waals surface area contributed by atoms with Crippen LogP contribution in [0.4, 0.5) is 0 Å². The summed E-state index contributed by atoms with van der Waals surface area (Å²) in [5.41, 5.74) is 12.2. The number of hydrogen-bond donors (Lipinski definition) is 0. The third-order valence-electron chi connectivity index (χ3n) is 19.4. The number of aryl methyl sites for hydroxylation is 2. The average molecular weight is 1970 g/mol. The third-order valence-corrected chi connectivity index (χ3v) is 41.1. The summed E-state index contributed by atoms with van der Waals surface area (Å²) < 4.78 is 43.3. The SMILES string of the molecule is C.C.CCCCCCn1c2cc3c(=O)n(C(CC)CC)c(=O)c4ccc5c6c(C)cc7c(=O)n(C(CC)CC)c(=O)c8cc1c(c6c78)c2c5c43.[2H]P(I)c1cc2c(s1)-c1sc(P([2H])I)cc1-c1cc(P([2H])I)sc1-c1sc(P([2H])I)cc1-2.c1cc2c(s1)-c1sccc1-c1ccsc1-c1sccc1-2. The van der Waals surface area contributed by atoms with Crippen LogP contribution in [0.25, 0.3) is 159 Å². The van der Waals surface area contributed by atoms with E-state index in [4.69, 9.17) is 5.11 Å². The van der Waals surface area contributed by atoms with Crippen LogP contribution in [-0.2, 0) is 6.54 Å². The van der Waals surface area contributed by atoms with Crippen LogP contribution in [-0.4, -0.2) is 18.8 Å². The molecule has 0 fully saturated rings. The first-order valence-electron chi connectivity index (χ1n) is 33.6. The molecule has 0 spiro atoms. The van der Waals surface area contributed by atoms with Gasteiger partial charge in [0.1, 0.15) is 0 Å². The monoisotopic (exact) mass is 1960 g/mol. The van der Waals surface area contributed by atoms with Gasteiger partial charge in [0.05, 0.1) is 65.9 Å². The van der Waals surface area contributed by atoms with Gasteiger partial charge < -0.3 is 4.57 Å². The number of benzene rings is 5. The molecule has 4 unspecified atom stereocenters. The van der Waals surface area contributed by atoms with Gasteiger partial charge >= 0.3 is 0 Å². The number of hydrogen-bond acceptors (Lipinski definition) is 12. The van der Waals surface area contributed by atoms with Crippen molar-refractivity contribution in [3.05, 3.63) is 147 Å². The average Bonchev–Trinajstić information content (AvgIpc) is 1.38. The van der Waals surface area contributed by atoms with E-state index < -0.39 is 24.7 Å². The molecule has 4 atom stereocenters. The van der Waals surface area contributed by atoms with Crippen molar-refractivity contribution in [2.45, 2.75) is 126 Å². The molecule has 98 heavy (non-hydrogen) atoms. The molecule has 16 aromatic rings. The van der Waals surface area contributed by atoms with Crippen LogP contribution < -0.4 is 40.7 Å². The Morgan fingerprint density at radius 1 is 0.388 bits per heavy atom. The summed E-state index contributed by atoms with van der Waals surface area (Å²) in [6.07, 6.45) is 3.14. The van der Waals surface area contributed by atoms with Crippen LogP contribution in [0.1, 0.15) is 118 Å². The number of pyridine rings is 2. The summed E-state index contributed by atoms with van der Waals surface area (Å²) in [4.78, 5) is 67.7. The van der Waals surface area contributed by atoms with E-state index >= 15 is 0 Å². The van der Waals surface area contributed by atoms with E-state index in [0.29, 0.717) is 47.2 Å². The highest BCUT2D eigenvalue weighted by atomic mass is 127. The number of thiophene rings is 8. The Morgan fingerprint density at radius 2 is 0.735 bits per heavy atom. The number of rotatable bonds is 15. The molecular formula is C75H67I4N3O4P4S8. The highest BCUT2D eigenvalue weighted by molar-refractivity contribution is 14.2. The first kappa shape index (κ1) is 67.6. The lowest BCUT2D eigenvalue weighted by Gasteiger charge is -2.21. The fourth-order valence-electron chi connectivity index (χ4n) is 15.2. The van der Waals surface area contributed by atoms with Crippen LogP contribution in [0.3, 0.4) is 0 Å². The van der Waals surface area contributed by atoms with Crippen LogP contribution >= 0.6 is 204 Å². The van der Waals surface area contributed by atoms with Gasteiger partial charge in [-0.25, -0.2) is 0 Å². The van der Waals surface area contributed by atoms with Gasteiger partial charge in [-0.2, -0.15) is 0 Å². The van der Waals surface area contributed by atoms with Crippen molar-refractivity contribution < 1.29 is 0 Å². The van der Waals surface area contributed by atoms with Crippen molar-refractivity contribution >= 4 is 298 Å². The van der Waals surface area contributed by atoms with Gasteiger partial charge in [0.2, 0.25) is 0 Å². The lowest BCUT2D eigenvalue weighted by Crippen LogP contribution is -2.36. The normalized spacial score (nSPS) is 14.2. The zero-order valence-corrected chi connectivity index (χ0v) is 71.1. The molecule has 23 heteroatoms. The zero-order valence-electron chi connectivity index (χ0n) is 56.4. The van der Waals surface area contributed by atoms with E-state index in [1.807, 2.05) is 110 Å². The van der Waals surface area contributed by atoms with E-state index in [2.05, 4.69) is 170 Å². The summed E-state index contributed by atoms with van der Waals surface area (Å²) in [6, 6.07) is 27.5. The van der Waals surface area contributed by atoms with Gasteiger partial charge in [-0.1, -0.05) is 163 Å². The molecule has 0 radical (unpaired) electrons. The minimum atomic E-state index is -0.986. The number of fused-ring (bicyclic) bond motifs is 17. The van der Waals surface area contributed by atoms with E-state index in [9.17, 15) is 19.2 Å². The maximum Gasteiger partial charge on any atom is 0.261 e. The standard InChI is InChI=1S/C41H43N3O4.C16H8I4P4S4.C16H8S4.2CH4/c1-7-12-13-14-17-42-29-19-27-32-25(38(45)43(40(27)47)22(8-2)9-3)16-15-24-31-21(6)18-26-33-28(41(48)44(39(26)46)23(10-4)11-5)20-30(42)36(37(31)33)35(29)34(24)32;17-21-9-1-5-6-2-10(22-18)26-14(6)16-8(4-12(24-20)28-16)7-3-11(23-19)27-15(7)13(5)25-9;1-5-17-13-9(1)10-2-6-18-14(10)16-12(4-8-20-16)11-3-7-19-15(11)13;;/h15-16,18-20,22-23H,7-14,17H2,1-6H3;1-4,21-24H;1-8H;2*1H4/i;21D,22D,23D,24D;;;. The highest BCUT2D eigenvalue weighted by Gasteiger charge is 2.33. The van der Waals surface area contributed by atoms with Crippen LogP contribution in [0, 0.1) is 6.92 Å². The zero-order chi connectivity index (χ0) is 69.8. The summed E-state index contributed by atoms with van der Waals surface area (Å²) in [5, 5.41) is 18.5. The van der Waals surface area contributed by atoms with Crippen molar-refractivity contribution in [2.24, 2.45) is 0 Å². The molecule has 2 aliphatic rings. The molecule has 7 nitrogen and oxygen atoms in total. The quantitative estimate of drug-likeness (QED) is 0.0337. The van der Waals surface area contributed by atoms with Crippen molar-refractivity contribution in [1.29, 1.82) is 5.11 Å². The summed E-state index contributed by atoms with van der Waals surface area (Å²) in [7, 11) is 0. The predicted molar refractivity (Wildman–Crippen MR) is 489 cm³/mol. The highest BCUT2D eigenvalue weighted by Crippen LogP contribution is 2.58. The molecule has 502 valence electrons. The Labute approximate surface area is 665 Å². The van der Waals surface area contributed by atoms with Crippen molar-refractivity contribution in [2.75, 3.05) is 0 Å². The Kier molecular flexibility index (Phi) is 20.4. The second kappa shape index (κ2) is 29.6. The number of aromatic nitrogens is 3. The van der Waals surface area contributed by atoms with E-state index in [1.165, 1.54) is 92.7 Å². The van der Waals surface area contributed by atoms with Gasteiger partial charge in [0.25, 0.3) is 22.2 Å². The van der Waals surface area contributed by atoms with Crippen molar-refractivity contribution in [3.63, 3.8) is 0 Å². The molecule has 11 heterocycles. The Morgan fingerprint density at radius 3 is 1.10 bits per heavy atom. The molecule has 0 N–H and O–H groups in total. The molecule has 0 saturated heterocycles. The third kappa shape index (κ3) is 11.5. The number of halogens is 4. The fourth-order valence-corrected chi connectivity index (χ4v) is 30.7. The number of nitrogens with zero attached hydrogens (tertiary/aromatic N) is 3. The molecule has 0 bridgehead atoms. The predicted octanol–water partition coefficient (Wildman–Crippen LogP) is 26.7. The van der Waals surface area contributed by atoms with Crippen molar-refractivity contribution in [3.8, 4) is 83.5 Å². The lowest BCUT2D eigenvalue weighted by atomic mass is 9.84. The molecule has 0 aliphatic heterocycles. The Hall–Kier alpha value is -2.28. The van der Waals surface area contributed by atoms with E-state index in [-0.39, 0.29) is 49.2 Å². The van der Waals surface area contributed by atoms with Crippen LogP contribution in [0.15, 0.2) is 120 Å². The summed E-state index contributed by atoms with van der Waals surface area (Å²) >= 11 is 23.2. The maximum atomic E-state index is 14.4. The largest absolute Gasteiger partial charge is 0.340 e. The summed E-state index contributed by atoms with van der Waals surface area (Å²) in [5.74, 6) is 0. The molecule has 0 saturated carbocycles. The molecule has 5 aromatic carbocycles. The van der Waals surface area contributed by atoms with Gasteiger partial charge in [0, 0.05) is 125 Å². The minimum absolute atomic E-state index is 0. The van der Waals surface area contributed by atoms with Gasteiger partial charge in [-0.05, 0) is 174 Å². The van der Waals surface area contributed by atoms with E-state index in [1.54, 1.807) is 45.3 Å². The Bertz CT molecular complexity index is 5570. The van der Waals surface area contributed by atoms with Crippen molar-refractivity contribution in [1.82, 2.24) is 13.7 Å². The van der Waals surface area contributed by atoms with Gasteiger partial charge in [-0.3, -0.25) is 28.3 Å². The molecule has 2 aliphatic carbocycles. The molecule has 0 amide bonds. The van der Waals surface area contributed by atoms with E-state index in [0.717, 1.165) is 110 Å². The summed E-state index contributed by atoms with van der Waals surface area (Å²) in [6.45, 7) is 13.1. The number of unbranched alkanes of at least 4 members (excludes halogenated alkanes) is 3. The Balaban J connectivity index is 0.000000140. The lowest BCUT2D eigenvalue weighted by molar-refractivity contribution is 0.451. The second-order valence-corrected chi connectivity index (χ2v) is 41.8. The first-order chi connectivity index (χ1) is 48.3. The second-order valence-electron chi connectivity index (χ2n) is 24.3. The van der Waals surface area contributed by atoms with Crippen LogP contribution in [0.2, 0.25) is 0 Å². The maximum absolute atomic E-state index is 14.4. The minimum Gasteiger partial charge on any atom is -0.340 e. The molecule has 18 rings (SSSR count). The van der Waals surface area contributed by atoms with Gasteiger partial charge in [0.15, 0.2) is 0 Å². The molecular weight excluding hydrogens is 1890 g/mol. The fraction of sp³-hybridized carbons (Fsp3) is 0.253. The van der Waals surface area contributed by atoms with Crippen LogP contribution in [0.5, 0.6) is 0 Å². The smallest absolute Gasteiger partial charge is 0.261 e.